The van der Waals surface area contributed by atoms with Crippen molar-refractivity contribution in [1.82, 2.24) is 9.96 Å². The number of carbonyl (C=O) groups excluding carboxylic acids is 1. The summed E-state index contributed by atoms with van der Waals surface area (Å²) in [6, 6.07) is -0.423. The summed E-state index contributed by atoms with van der Waals surface area (Å²) in [6.45, 7) is 0.611. The van der Waals surface area contributed by atoms with E-state index in [-0.39, 0.29) is 16.1 Å². The molecular weight excluding hydrogens is 259 g/mol. The molecule has 5 heteroatoms. The molecule has 2 atom stereocenters. The van der Waals surface area contributed by atoms with E-state index in [0.717, 1.165) is 5.06 Å². The number of carbonyl (C=O) groups is 1. The lowest BCUT2D eigenvalue weighted by Crippen LogP contribution is -2.33. The Morgan fingerprint density at radius 1 is 1.64 bits per heavy atom. The number of urea groups is 1. The van der Waals surface area contributed by atoms with Crippen LogP contribution in [0.5, 0.6) is 0 Å². The van der Waals surface area contributed by atoms with E-state index in [2.05, 4.69) is 22.6 Å². The van der Waals surface area contributed by atoms with Crippen LogP contribution in [0.3, 0.4) is 0 Å². The second-order valence-corrected chi connectivity index (χ2v) is 3.88. The average molecular weight is 266 g/mol. The van der Waals surface area contributed by atoms with Crippen LogP contribution in [0.1, 0.15) is 0 Å². The molecule has 2 amide bonds. The highest BCUT2D eigenvalue weighted by atomic mass is 127. The Balaban J connectivity index is 2.32. The molecule has 0 spiro atoms. The maximum absolute atomic E-state index is 11.2. The van der Waals surface area contributed by atoms with Crippen LogP contribution in [0.25, 0.3) is 0 Å². The van der Waals surface area contributed by atoms with Crippen molar-refractivity contribution in [2.45, 2.75) is 10.1 Å². The molecule has 2 aliphatic rings. The third kappa shape index (κ3) is 0.943. The molecule has 0 aliphatic carbocycles. The van der Waals surface area contributed by atoms with E-state index >= 15 is 0 Å². The molecule has 1 N–H and O–H groups in total. The molecule has 0 aromatic carbocycles. The van der Waals surface area contributed by atoms with Gasteiger partial charge in [-0.15, -0.1) is 0 Å². The van der Waals surface area contributed by atoms with Crippen LogP contribution in [0, 0.1) is 0 Å². The zero-order chi connectivity index (χ0) is 8.01. The molecule has 4 nitrogen and oxygen atoms in total. The fourth-order valence-corrected chi connectivity index (χ4v) is 2.01. The Bertz CT molecular complexity index is 231. The first-order valence-corrected chi connectivity index (χ1v) is 4.56. The molecule has 11 heavy (non-hydrogen) atoms. The fourth-order valence-electron chi connectivity index (χ4n) is 1.30. The molecule has 2 bridgehead atoms. The summed E-state index contributed by atoms with van der Waals surface area (Å²) in [5.74, 6) is 0. The van der Waals surface area contributed by atoms with Gasteiger partial charge in [-0.3, -0.25) is 5.21 Å². The zero-order valence-electron chi connectivity index (χ0n) is 5.64. The van der Waals surface area contributed by atoms with Gasteiger partial charge >= 0.3 is 6.03 Å². The molecule has 1 fully saturated rings. The van der Waals surface area contributed by atoms with Crippen LogP contribution >= 0.6 is 22.6 Å². The molecule has 0 aromatic heterocycles. The quantitative estimate of drug-likeness (QED) is 0.232. The van der Waals surface area contributed by atoms with Gasteiger partial charge in [0.25, 0.3) is 0 Å². The van der Waals surface area contributed by atoms with Crippen molar-refractivity contribution in [3.05, 3.63) is 12.2 Å². The molecular formula is C6H7IN2O2. The first kappa shape index (κ1) is 7.35. The van der Waals surface area contributed by atoms with Gasteiger partial charge in [0, 0.05) is 0 Å². The summed E-state index contributed by atoms with van der Waals surface area (Å²) in [7, 11) is 0. The Kier molecular flexibility index (Phi) is 1.57. The maximum Gasteiger partial charge on any atom is 0.345 e. The van der Waals surface area contributed by atoms with Crippen molar-refractivity contribution in [2.24, 2.45) is 0 Å². The number of nitrogens with zero attached hydrogens (tertiary/aromatic N) is 2. The molecule has 0 unspecified atom stereocenters. The summed E-state index contributed by atoms with van der Waals surface area (Å²) in [6.07, 6.45) is 3.78. The van der Waals surface area contributed by atoms with Gasteiger partial charge < -0.3 is 4.90 Å². The standard InChI is InChI=1S/C6H7IN2O2/c7-5-2-1-4-3-8(5)6(10)9(4)11/h1-2,4-5,11H,3H2/t4-,5+/m1/s1. The van der Waals surface area contributed by atoms with Gasteiger partial charge in [0.2, 0.25) is 0 Å². The van der Waals surface area contributed by atoms with Crippen LogP contribution in [-0.2, 0) is 0 Å². The minimum atomic E-state index is -0.292. The minimum absolute atomic E-state index is 0.0912. The topological polar surface area (TPSA) is 43.8 Å². The van der Waals surface area contributed by atoms with Crippen molar-refractivity contribution in [3.63, 3.8) is 0 Å². The average Bonchev–Trinajstić information content (AvgIpc) is 2.24. The Hall–Kier alpha value is -0.300. The molecule has 0 radical (unpaired) electrons. The van der Waals surface area contributed by atoms with Crippen LogP contribution < -0.4 is 0 Å². The van der Waals surface area contributed by atoms with Crippen molar-refractivity contribution in [2.75, 3.05) is 6.54 Å². The first-order chi connectivity index (χ1) is 5.20. The van der Waals surface area contributed by atoms with E-state index < -0.39 is 0 Å². The summed E-state index contributed by atoms with van der Waals surface area (Å²) in [5, 5.41) is 9.96. The largest absolute Gasteiger partial charge is 0.345 e. The van der Waals surface area contributed by atoms with Crippen molar-refractivity contribution in [1.29, 1.82) is 0 Å². The van der Waals surface area contributed by atoms with Gasteiger partial charge in [0.1, 0.15) is 4.05 Å². The Labute approximate surface area is 77.6 Å². The Morgan fingerprint density at radius 3 is 3.00 bits per heavy atom. The third-order valence-corrected chi connectivity index (χ3v) is 3.02. The predicted molar refractivity (Wildman–Crippen MR) is 46.5 cm³/mol. The summed E-state index contributed by atoms with van der Waals surface area (Å²) >= 11 is 2.15. The lowest BCUT2D eigenvalue weighted by molar-refractivity contribution is -0.0451. The van der Waals surface area contributed by atoms with Gasteiger partial charge in [-0.05, 0) is 0 Å². The van der Waals surface area contributed by atoms with Crippen molar-refractivity contribution < 1.29 is 10.0 Å². The van der Waals surface area contributed by atoms with Crippen LogP contribution in [-0.4, -0.2) is 37.8 Å². The van der Waals surface area contributed by atoms with Gasteiger partial charge in [0.15, 0.2) is 0 Å². The van der Waals surface area contributed by atoms with Gasteiger partial charge in [0.05, 0.1) is 12.6 Å². The van der Waals surface area contributed by atoms with Crippen molar-refractivity contribution in [3.8, 4) is 0 Å². The monoisotopic (exact) mass is 266 g/mol. The molecule has 0 saturated carbocycles. The molecule has 1 saturated heterocycles. The fraction of sp³-hybridized carbons (Fsp3) is 0.500. The number of halogens is 1. The summed E-state index contributed by atoms with van der Waals surface area (Å²) < 4.78 is 0.0912. The zero-order valence-corrected chi connectivity index (χ0v) is 7.80. The number of amides is 2. The Morgan fingerprint density at radius 2 is 2.36 bits per heavy atom. The highest BCUT2D eigenvalue weighted by Crippen LogP contribution is 2.25. The molecule has 60 valence electrons. The van der Waals surface area contributed by atoms with Gasteiger partial charge in [-0.1, -0.05) is 34.7 Å². The number of fused-ring (bicyclic) bond motifs is 2. The molecule has 2 rings (SSSR count). The molecule has 2 heterocycles. The molecule has 0 aromatic rings. The second kappa shape index (κ2) is 2.34. The smallest absolute Gasteiger partial charge is 0.305 e. The van der Waals surface area contributed by atoms with E-state index in [1.165, 1.54) is 0 Å². The van der Waals surface area contributed by atoms with E-state index in [1.54, 1.807) is 4.90 Å². The second-order valence-electron chi connectivity index (χ2n) is 2.60. The highest BCUT2D eigenvalue weighted by Gasteiger charge is 2.40. The van der Waals surface area contributed by atoms with Gasteiger partial charge in [-0.25, -0.2) is 4.79 Å². The number of rotatable bonds is 0. The maximum atomic E-state index is 11.2. The highest BCUT2D eigenvalue weighted by molar-refractivity contribution is 14.1. The lowest BCUT2D eigenvalue weighted by atomic mass is 10.2. The lowest BCUT2D eigenvalue weighted by Gasteiger charge is -2.20. The predicted octanol–water partition coefficient (Wildman–Crippen LogP) is 0.813. The van der Waals surface area contributed by atoms with Crippen LogP contribution in [0.15, 0.2) is 12.2 Å². The number of alkyl halides is 1. The van der Waals surface area contributed by atoms with Gasteiger partial charge in [-0.2, -0.15) is 5.06 Å². The van der Waals surface area contributed by atoms with E-state index in [0.29, 0.717) is 6.54 Å². The number of hydrogen-bond acceptors (Lipinski definition) is 2. The first-order valence-electron chi connectivity index (χ1n) is 3.31. The summed E-state index contributed by atoms with van der Waals surface area (Å²) in [5.41, 5.74) is 0. The van der Waals surface area contributed by atoms with Crippen molar-refractivity contribution >= 4 is 28.6 Å². The number of hydroxylamine groups is 2. The molecule has 2 aliphatic heterocycles. The van der Waals surface area contributed by atoms with Crippen LogP contribution in [0.2, 0.25) is 0 Å². The van der Waals surface area contributed by atoms with E-state index in [4.69, 9.17) is 0 Å². The van der Waals surface area contributed by atoms with Crippen LogP contribution in [0.4, 0.5) is 4.79 Å². The number of hydrogen-bond donors (Lipinski definition) is 1. The normalized spacial score (nSPS) is 35.3. The van der Waals surface area contributed by atoms with E-state index in [9.17, 15) is 10.0 Å². The SMILES string of the molecule is O=C1N(O)[C@@H]2C=C[C@@H](I)N1C2. The minimum Gasteiger partial charge on any atom is -0.305 e. The van der Waals surface area contributed by atoms with E-state index in [1.807, 2.05) is 12.2 Å². The third-order valence-electron chi connectivity index (χ3n) is 1.93. The summed E-state index contributed by atoms with van der Waals surface area (Å²) in [4.78, 5) is 12.8.